The summed E-state index contributed by atoms with van der Waals surface area (Å²) in [6.07, 6.45) is -0.601. The first-order valence-corrected chi connectivity index (χ1v) is 6.31. The van der Waals surface area contributed by atoms with Crippen LogP contribution in [0.5, 0.6) is 0 Å². The number of nitrogens with two attached hydrogens (primary N) is 1. The molecule has 0 aromatic heterocycles. The molecule has 0 aliphatic carbocycles. The van der Waals surface area contributed by atoms with Gasteiger partial charge in [0.1, 0.15) is 13.2 Å². The zero-order valence-corrected chi connectivity index (χ0v) is 11.5. The van der Waals surface area contributed by atoms with Crippen LogP contribution >= 0.6 is 0 Å². The van der Waals surface area contributed by atoms with E-state index in [0.717, 1.165) is 0 Å². The van der Waals surface area contributed by atoms with Crippen molar-refractivity contribution in [3.05, 3.63) is 0 Å². The summed E-state index contributed by atoms with van der Waals surface area (Å²) in [5.74, 6) is -2.80. The fourth-order valence-electron chi connectivity index (χ4n) is 1.11. The molecule has 21 heavy (non-hydrogen) atoms. The highest BCUT2D eigenvalue weighted by Gasteiger charge is 2.07. The molecule has 0 aromatic rings. The lowest BCUT2D eigenvalue weighted by atomic mass is 10.3. The number of hydrogen-bond donors (Lipinski definition) is 2. The minimum atomic E-state index is -1.07. The Morgan fingerprint density at radius 1 is 0.762 bits per heavy atom. The van der Waals surface area contributed by atoms with E-state index in [1.54, 1.807) is 0 Å². The highest BCUT2D eigenvalue weighted by molar-refractivity contribution is 5.79. The second-order valence-corrected chi connectivity index (χ2v) is 3.91. The number of carboxylic acids is 1. The van der Waals surface area contributed by atoms with E-state index in [1.807, 2.05) is 0 Å². The number of esters is 2. The van der Waals surface area contributed by atoms with Gasteiger partial charge in [-0.15, -0.1) is 0 Å². The molecule has 0 aliphatic rings. The van der Waals surface area contributed by atoms with E-state index >= 15 is 0 Å². The fraction of sp³-hybridized carbons (Fsp3) is 0.667. The second-order valence-electron chi connectivity index (χ2n) is 3.91. The van der Waals surface area contributed by atoms with Gasteiger partial charge >= 0.3 is 17.9 Å². The Labute approximate surface area is 121 Å². The molecular weight excluding hydrogens is 286 g/mol. The Bertz CT molecular complexity index is 334. The number of aliphatic carboxylic acids is 1. The monoisotopic (exact) mass is 305 g/mol. The molecule has 0 spiro atoms. The molecule has 0 unspecified atom stereocenters. The van der Waals surface area contributed by atoms with E-state index < -0.39 is 23.8 Å². The first-order valence-electron chi connectivity index (χ1n) is 6.31. The Morgan fingerprint density at radius 3 is 1.67 bits per heavy atom. The third-order valence-corrected chi connectivity index (χ3v) is 2.10. The van der Waals surface area contributed by atoms with Crippen LogP contribution in [-0.4, -0.2) is 55.3 Å². The Hall–Kier alpha value is -2.16. The van der Waals surface area contributed by atoms with Crippen LogP contribution in [0, 0.1) is 0 Å². The number of amides is 1. The molecule has 0 saturated carbocycles. The standard InChI is InChI=1S/C12H19NO8/c13-9(14)1-3-11(17)20-7-5-19-6-8-21-12(18)4-2-10(15)16/h1-8H2,(H2,13,14)(H,15,16). The molecule has 0 atom stereocenters. The molecule has 9 nitrogen and oxygen atoms in total. The third-order valence-electron chi connectivity index (χ3n) is 2.10. The molecule has 120 valence electrons. The smallest absolute Gasteiger partial charge is 0.306 e. The van der Waals surface area contributed by atoms with Gasteiger partial charge in [0, 0.05) is 6.42 Å². The number of rotatable bonds is 12. The highest BCUT2D eigenvalue weighted by Crippen LogP contribution is 1.94. The number of carbonyl (C=O) groups is 4. The minimum Gasteiger partial charge on any atom is -0.481 e. The van der Waals surface area contributed by atoms with Crippen LogP contribution in [0.2, 0.25) is 0 Å². The predicted octanol–water partition coefficient (Wildman–Crippen LogP) is -0.780. The fourth-order valence-corrected chi connectivity index (χ4v) is 1.11. The molecule has 0 heterocycles. The van der Waals surface area contributed by atoms with E-state index in [4.69, 9.17) is 25.1 Å². The van der Waals surface area contributed by atoms with Gasteiger partial charge in [0.2, 0.25) is 5.91 Å². The lowest BCUT2D eigenvalue weighted by molar-refractivity contribution is -0.149. The van der Waals surface area contributed by atoms with Crippen LogP contribution < -0.4 is 5.73 Å². The summed E-state index contributed by atoms with van der Waals surface area (Å²) in [6.45, 7) is 0.241. The van der Waals surface area contributed by atoms with Gasteiger partial charge in [-0.1, -0.05) is 0 Å². The average molecular weight is 305 g/mol. The van der Waals surface area contributed by atoms with Crippen molar-refractivity contribution in [2.75, 3.05) is 26.4 Å². The summed E-state index contributed by atoms with van der Waals surface area (Å²) < 4.78 is 14.5. The first-order chi connectivity index (χ1) is 9.91. The van der Waals surface area contributed by atoms with Crippen molar-refractivity contribution in [1.29, 1.82) is 0 Å². The van der Waals surface area contributed by atoms with E-state index in [1.165, 1.54) is 0 Å². The Kier molecular flexibility index (Phi) is 10.5. The molecular formula is C12H19NO8. The van der Waals surface area contributed by atoms with Crippen LogP contribution in [0.25, 0.3) is 0 Å². The normalized spacial score (nSPS) is 9.90. The number of primary amides is 1. The van der Waals surface area contributed by atoms with Crippen molar-refractivity contribution in [2.45, 2.75) is 25.7 Å². The molecule has 0 bridgehead atoms. The van der Waals surface area contributed by atoms with Gasteiger partial charge < -0.3 is 25.1 Å². The zero-order chi connectivity index (χ0) is 16.1. The summed E-state index contributed by atoms with van der Waals surface area (Å²) in [4.78, 5) is 42.7. The van der Waals surface area contributed by atoms with E-state index in [2.05, 4.69) is 0 Å². The van der Waals surface area contributed by atoms with Crippen molar-refractivity contribution in [3.63, 3.8) is 0 Å². The van der Waals surface area contributed by atoms with Gasteiger partial charge in [0.15, 0.2) is 0 Å². The van der Waals surface area contributed by atoms with E-state index in [-0.39, 0.29) is 52.1 Å². The van der Waals surface area contributed by atoms with E-state index in [9.17, 15) is 19.2 Å². The van der Waals surface area contributed by atoms with Crippen molar-refractivity contribution in [1.82, 2.24) is 0 Å². The van der Waals surface area contributed by atoms with Gasteiger partial charge in [-0.2, -0.15) is 0 Å². The van der Waals surface area contributed by atoms with Crippen LogP contribution in [-0.2, 0) is 33.4 Å². The molecule has 9 heteroatoms. The maximum absolute atomic E-state index is 11.0. The maximum Gasteiger partial charge on any atom is 0.306 e. The van der Waals surface area contributed by atoms with Gasteiger partial charge in [-0.25, -0.2) is 0 Å². The number of ether oxygens (including phenoxy) is 3. The van der Waals surface area contributed by atoms with Crippen molar-refractivity contribution in [2.24, 2.45) is 5.73 Å². The second kappa shape index (κ2) is 11.6. The summed E-state index contributed by atoms with van der Waals surface area (Å²) in [7, 11) is 0. The van der Waals surface area contributed by atoms with Gasteiger partial charge in [0.25, 0.3) is 0 Å². The predicted molar refractivity (Wildman–Crippen MR) is 68.0 cm³/mol. The van der Waals surface area contributed by atoms with Crippen LogP contribution in [0.15, 0.2) is 0 Å². The molecule has 0 aromatic carbocycles. The van der Waals surface area contributed by atoms with Gasteiger partial charge in [-0.05, 0) is 0 Å². The third kappa shape index (κ3) is 14.1. The van der Waals surface area contributed by atoms with E-state index in [0.29, 0.717) is 0 Å². The molecule has 0 saturated heterocycles. The topological polar surface area (TPSA) is 142 Å². The summed E-state index contributed by atoms with van der Waals surface area (Å²) in [5, 5.41) is 8.34. The minimum absolute atomic E-state index is 0.00588. The Balaban J connectivity index is 3.36. The molecule has 3 N–H and O–H groups in total. The number of hydrogen-bond acceptors (Lipinski definition) is 7. The van der Waals surface area contributed by atoms with Crippen molar-refractivity contribution in [3.8, 4) is 0 Å². The van der Waals surface area contributed by atoms with Crippen molar-refractivity contribution >= 4 is 23.8 Å². The zero-order valence-electron chi connectivity index (χ0n) is 11.5. The molecule has 1 amide bonds. The van der Waals surface area contributed by atoms with Crippen LogP contribution in [0.1, 0.15) is 25.7 Å². The number of carbonyl (C=O) groups excluding carboxylic acids is 3. The van der Waals surface area contributed by atoms with Gasteiger partial charge in [0.05, 0.1) is 32.5 Å². The molecule has 0 aliphatic heterocycles. The Morgan fingerprint density at radius 2 is 1.24 bits per heavy atom. The van der Waals surface area contributed by atoms with Crippen LogP contribution in [0.3, 0.4) is 0 Å². The lowest BCUT2D eigenvalue weighted by Gasteiger charge is -2.06. The summed E-state index contributed by atoms with van der Waals surface area (Å²) in [5.41, 5.74) is 4.87. The molecule has 0 rings (SSSR count). The maximum atomic E-state index is 11.0. The highest BCUT2D eigenvalue weighted by atomic mass is 16.6. The molecule has 0 radical (unpaired) electrons. The quantitative estimate of drug-likeness (QED) is 0.353. The van der Waals surface area contributed by atoms with Crippen LogP contribution in [0.4, 0.5) is 0 Å². The largest absolute Gasteiger partial charge is 0.481 e. The summed E-state index contributed by atoms with van der Waals surface area (Å²) >= 11 is 0. The number of carboxylic acid groups (broad SMARTS) is 1. The van der Waals surface area contributed by atoms with Crippen molar-refractivity contribution < 1.29 is 38.5 Å². The van der Waals surface area contributed by atoms with Gasteiger partial charge in [-0.3, -0.25) is 19.2 Å². The molecule has 0 fully saturated rings. The lowest BCUT2D eigenvalue weighted by Crippen LogP contribution is -2.17. The summed E-state index contributed by atoms with van der Waals surface area (Å²) in [6, 6.07) is 0. The average Bonchev–Trinajstić information content (AvgIpc) is 2.41. The first kappa shape index (κ1) is 18.8. The SMILES string of the molecule is NC(=O)CCC(=O)OCCOCCOC(=O)CCC(=O)O.